The molecule has 4 heteroatoms. The molecule has 142 valence electrons. The fourth-order valence-corrected chi connectivity index (χ4v) is 5.48. The second-order valence-corrected chi connectivity index (χ2v) is 8.54. The van der Waals surface area contributed by atoms with Crippen LogP contribution in [0.5, 0.6) is 5.75 Å². The number of carbonyl (C=O) groups excluding carboxylic acids is 1. The molecular weight excluding hydrogens is 326 g/mol. The van der Waals surface area contributed by atoms with Crippen molar-refractivity contribution in [3.63, 3.8) is 0 Å². The van der Waals surface area contributed by atoms with Gasteiger partial charge in [0.15, 0.2) is 0 Å². The topological polar surface area (TPSA) is 47.6 Å². The Kier molecular flexibility index (Phi) is 5.21. The number of methoxy groups -OCH3 is 1. The fourth-order valence-electron chi connectivity index (χ4n) is 5.48. The Bertz CT molecular complexity index is 621. The number of nitrogens with one attached hydrogen (secondary N) is 1. The van der Waals surface area contributed by atoms with Gasteiger partial charge in [-0.1, -0.05) is 18.6 Å². The summed E-state index contributed by atoms with van der Waals surface area (Å²) >= 11 is 0. The molecule has 1 heterocycles. The second-order valence-electron chi connectivity index (χ2n) is 8.54. The molecular formula is C22H31NO3. The minimum Gasteiger partial charge on any atom is -0.497 e. The normalized spacial score (nSPS) is 29.5. The molecule has 2 saturated carbocycles. The van der Waals surface area contributed by atoms with Gasteiger partial charge in [-0.25, -0.2) is 0 Å². The third-order valence-electron chi connectivity index (χ3n) is 7.11. The highest BCUT2D eigenvalue weighted by molar-refractivity contribution is 5.76. The van der Waals surface area contributed by atoms with Crippen molar-refractivity contribution in [1.82, 2.24) is 5.32 Å². The van der Waals surface area contributed by atoms with Gasteiger partial charge in [0.05, 0.1) is 7.11 Å². The van der Waals surface area contributed by atoms with E-state index in [1.807, 2.05) is 12.1 Å². The Morgan fingerprint density at radius 2 is 1.96 bits per heavy atom. The molecule has 4 nitrogen and oxygen atoms in total. The zero-order chi connectivity index (χ0) is 18.0. The maximum Gasteiger partial charge on any atom is 0.220 e. The molecule has 2 aliphatic carbocycles. The molecule has 1 saturated heterocycles. The maximum absolute atomic E-state index is 12.6. The van der Waals surface area contributed by atoms with E-state index >= 15 is 0 Å². The van der Waals surface area contributed by atoms with Crippen LogP contribution in [0.1, 0.15) is 50.5 Å². The van der Waals surface area contributed by atoms with Crippen LogP contribution in [0.25, 0.3) is 0 Å². The monoisotopic (exact) mass is 357 g/mol. The van der Waals surface area contributed by atoms with Crippen molar-refractivity contribution >= 4 is 5.91 Å². The summed E-state index contributed by atoms with van der Waals surface area (Å²) in [5.41, 5.74) is 1.26. The molecule has 1 aliphatic heterocycles. The Morgan fingerprint density at radius 1 is 1.19 bits per heavy atom. The van der Waals surface area contributed by atoms with Crippen LogP contribution >= 0.6 is 0 Å². The van der Waals surface area contributed by atoms with Crippen LogP contribution in [0.2, 0.25) is 0 Å². The number of ether oxygens (including phenoxy) is 2. The second kappa shape index (κ2) is 7.59. The van der Waals surface area contributed by atoms with Gasteiger partial charge < -0.3 is 14.8 Å². The van der Waals surface area contributed by atoms with Crippen molar-refractivity contribution in [2.24, 2.45) is 17.8 Å². The Morgan fingerprint density at radius 3 is 2.58 bits per heavy atom. The van der Waals surface area contributed by atoms with E-state index in [9.17, 15) is 4.79 Å². The third kappa shape index (κ3) is 3.62. The van der Waals surface area contributed by atoms with Crippen molar-refractivity contribution in [1.29, 1.82) is 0 Å². The van der Waals surface area contributed by atoms with E-state index in [2.05, 4.69) is 17.4 Å². The number of hydrogen-bond acceptors (Lipinski definition) is 3. The molecule has 1 amide bonds. The molecule has 0 spiro atoms. The molecule has 0 radical (unpaired) electrons. The number of rotatable bonds is 6. The van der Waals surface area contributed by atoms with Crippen LogP contribution in [0.3, 0.4) is 0 Å². The van der Waals surface area contributed by atoms with E-state index in [-0.39, 0.29) is 11.3 Å². The van der Waals surface area contributed by atoms with E-state index < -0.39 is 0 Å². The lowest BCUT2D eigenvalue weighted by Gasteiger charge is -2.38. The van der Waals surface area contributed by atoms with E-state index in [1.54, 1.807) is 7.11 Å². The van der Waals surface area contributed by atoms with Crippen molar-refractivity contribution in [2.45, 2.75) is 50.4 Å². The van der Waals surface area contributed by atoms with E-state index in [0.717, 1.165) is 50.1 Å². The molecule has 3 atom stereocenters. The minimum atomic E-state index is -0.0190. The lowest BCUT2D eigenvalue weighted by molar-refractivity contribution is -0.122. The highest BCUT2D eigenvalue weighted by atomic mass is 16.5. The highest BCUT2D eigenvalue weighted by Gasteiger charge is 2.40. The first-order valence-electron chi connectivity index (χ1n) is 10.2. The van der Waals surface area contributed by atoms with E-state index in [1.165, 1.54) is 31.2 Å². The Labute approximate surface area is 156 Å². The molecule has 26 heavy (non-hydrogen) atoms. The molecule has 1 N–H and O–H groups in total. The quantitative estimate of drug-likeness (QED) is 0.845. The number of carbonyl (C=O) groups is 1. The predicted octanol–water partition coefficient (Wildman–Crippen LogP) is 3.69. The highest BCUT2D eigenvalue weighted by Crippen LogP contribution is 2.49. The summed E-state index contributed by atoms with van der Waals surface area (Å²) in [6.07, 6.45) is 8.00. The SMILES string of the molecule is COc1ccc(C2(CNC(=O)CC3CC4CCC3C4)CCOCC2)cc1. The zero-order valence-corrected chi connectivity index (χ0v) is 15.8. The van der Waals surface area contributed by atoms with Crippen molar-refractivity contribution < 1.29 is 14.3 Å². The molecule has 3 fully saturated rings. The zero-order valence-electron chi connectivity index (χ0n) is 15.8. The van der Waals surface area contributed by atoms with Gasteiger partial charge in [-0.05, 0) is 67.6 Å². The summed E-state index contributed by atoms with van der Waals surface area (Å²) < 4.78 is 10.9. The average Bonchev–Trinajstić information content (AvgIpc) is 3.30. The van der Waals surface area contributed by atoms with E-state index in [4.69, 9.17) is 9.47 Å². The molecule has 1 aromatic rings. The smallest absolute Gasteiger partial charge is 0.220 e. The van der Waals surface area contributed by atoms with Crippen molar-refractivity contribution in [3.8, 4) is 5.75 Å². The lowest BCUT2D eigenvalue weighted by atomic mass is 9.74. The molecule has 1 aromatic carbocycles. The lowest BCUT2D eigenvalue weighted by Crippen LogP contribution is -2.45. The fraction of sp³-hybridized carbons (Fsp3) is 0.682. The number of hydrogen-bond donors (Lipinski definition) is 1. The number of amides is 1. The predicted molar refractivity (Wildman–Crippen MR) is 101 cm³/mol. The summed E-state index contributed by atoms with van der Waals surface area (Å²) in [7, 11) is 1.69. The summed E-state index contributed by atoms with van der Waals surface area (Å²) in [6.45, 7) is 2.23. The van der Waals surface area contributed by atoms with Gasteiger partial charge in [-0.15, -0.1) is 0 Å². The molecule has 2 bridgehead atoms. The molecule has 0 aromatic heterocycles. The molecule has 3 aliphatic rings. The van der Waals surface area contributed by atoms with Gasteiger partial charge in [0, 0.05) is 31.6 Å². The molecule has 4 rings (SSSR count). The van der Waals surface area contributed by atoms with Gasteiger partial charge in [-0.3, -0.25) is 4.79 Å². The third-order valence-corrected chi connectivity index (χ3v) is 7.11. The Balaban J connectivity index is 1.39. The molecule has 3 unspecified atom stereocenters. The van der Waals surface area contributed by atoms with Crippen LogP contribution in [0.15, 0.2) is 24.3 Å². The van der Waals surface area contributed by atoms with Crippen LogP contribution in [0.4, 0.5) is 0 Å². The van der Waals surface area contributed by atoms with Gasteiger partial charge in [0.1, 0.15) is 5.75 Å². The largest absolute Gasteiger partial charge is 0.497 e. The Hall–Kier alpha value is -1.55. The van der Waals surface area contributed by atoms with Crippen LogP contribution in [-0.4, -0.2) is 32.8 Å². The maximum atomic E-state index is 12.6. The van der Waals surface area contributed by atoms with Crippen LogP contribution in [0, 0.1) is 17.8 Å². The summed E-state index contributed by atoms with van der Waals surface area (Å²) in [4.78, 5) is 12.6. The van der Waals surface area contributed by atoms with Gasteiger partial charge >= 0.3 is 0 Å². The first kappa shape index (κ1) is 17.8. The standard InChI is InChI=1S/C22H31NO3/c1-25-20-6-4-19(5-7-20)22(8-10-26-11-9-22)15-23-21(24)14-18-13-16-2-3-17(18)12-16/h4-7,16-18H,2-3,8-15H2,1H3,(H,23,24). The minimum absolute atomic E-state index is 0.0190. The van der Waals surface area contributed by atoms with Gasteiger partial charge in [0.25, 0.3) is 0 Å². The van der Waals surface area contributed by atoms with Crippen LogP contribution in [-0.2, 0) is 14.9 Å². The van der Waals surface area contributed by atoms with Gasteiger partial charge in [-0.2, -0.15) is 0 Å². The van der Waals surface area contributed by atoms with Gasteiger partial charge in [0.2, 0.25) is 5.91 Å². The number of fused-ring (bicyclic) bond motifs is 2. The van der Waals surface area contributed by atoms with Crippen LogP contribution < -0.4 is 10.1 Å². The summed E-state index contributed by atoms with van der Waals surface area (Å²) in [5, 5.41) is 3.28. The average molecular weight is 357 g/mol. The van der Waals surface area contributed by atoms with E-state index in [0.29, 0.717) is 12.5 Å². The van der Waals surface area contributed by atoms with Crippen molar-refractivity contribution in [2.75, 3.05) is 26.9 Å². The van der Waals surface area contributed by atoms with Crippen molar-refractivity contribution in [3.05, 3.63) is 29.8 Å². The first-order valence-corrected chi connectivity index (χ1v) is 10.2. The summed E-state index contributed by atoms with van der Waals surface area (Å²) in [6, 6.07) is 8.33. The number of benzene rings is 1. The first-order chi connectivity index (χ1) is 12.7. The summed E-state index contributed by atoms with van der Waals surface area (Å²) in [5.74, 6) is 3.45.